The highest BCUT2D eigenvalue weighted by Crippen LogP contribution is 2.57. The second-order valence-corrected chi connectivity index (χ2v) is 9.12. The number of benzene rings is 3. The van der Waals surface area contributed by atoms with Gasteiger partial charge in [0.1, 0.15) is 29.8 Å². The molecule has 0 atom stereocenters. The van der Waals surface area contributed by atoms with E-state index in [-0.39, 0.29) is 5.56 Å². The Bertz CT molecular complexity index is 2200. The number of aryl methyl sites for hydroxylation is 1. The fourth-order valence-corrected chi connectivity index (χ4v) is 4.60. The van der Waals surface area contributed by atoms with E-state index in [0.717, 1.165) is 19.1 Å². The summed E-state index contributed by atoms with van der Waals surface area (Å²) in [5.41, 5.74) is -17.2. The van der Waals surface area contributed by atoms with Crippen LogP contribution >= 0.6 is 0 Å². The largest absolute Gasteiger partial charge is 0.262 e. The molecule has 0 aliphatic heterocycles. The molecule has 47 heavy (non-hydrogen) atoms. The molecule has 0 amide bonds. The van der Waals surface area contributed by atoms with Crippen molar-refractivity contribution >= 4 is 22.5 Å². The van der Waals surface area contributed by atoms with Crippen molar-refractivity contribution in [2.45, 2.75) is 6.92 Å². The lowest BCUT2D eigenvalue weighted by atomic mass is 9.97. The van der Waals surface area contributed by atoms with Crippen LogP contribution < -0.4 is 0 Å². The average Bonchev–Trinajstić information content (AvgIpc) is 3.76. The molecule has 0 heterocycles. The summed E-state index contributed by atoms with van der Waals surface area (Å²) in [6.45, 7) is 15.3. The number of nitrogens with zero attached hydrogens (tertiary/aromatic N) is 6. The van der Waals surface area contributed by atoms with Crippen LogP contribution in [0.25, 0.3) is 26.5 Å². The molecule has 16 heteroatoms. The van der Waals surface area contributed by atoms with Gasteiger partial charge in [-0.1, -0.05) is 0 Å². The first-order valence-electron chi connectivity index (χ1n) is 12.0. The molecule has 0 radical (unpaired) electrons. The van der Waals surface area contributed by atoms with Gasteiger partial charge in [-0.25, -0.2) is 53.6 Å². The van der Waals surface area contributed by atoms with Crippen molar-refractivity contribution in [3.63, 3.8) is 0 Å². The van der Waals surface area contributed by atoms with E-state index in [9.17, 15) is 32.5 Å². The third-order valence-corrected chi connectivity index (χ3v) is 6.76. The minimum Gasteiger partial charge on any atom is -0.237 e. The van der Waals surface area contributed by atoms with Crippen molar-refractivity contribution in [3.8, 4) is 24.3 Å². The maximum atomic E-state index is 15.2. The summed E-state index contributed by atoms with van der Waals surface area (Å²) < 4.78 is 149. The van der Waals surface area contributed by atoms with Crippen LogP contribution in [-0.4, -0.2) is 0 Å². The Balaban J connectivity index is 2.34. The predicted molar refractivity (Wildman–Crippen MR) is 138 cm³/mol. The second kappa shape index (κ2) is 11.9. The molecule has 0 aromatic heterocycles. The highest BCUT2D eigenvalue weighted by atomic mass is 19.2. The van der Waals surface area contributed by atoms with Crippen LogP contribution in [0.3, 0.4) is 0 Å². The Hall–Kier alpha value is -6.88. The van der Waals surface area contributed by atoms with E-state index in [0.29, 0.717) is 6.07 Å². The van der Waals surface area contributed by atoms with Gasteiger partial charge in [0.15, 0.2) is 58.2 Å². The third kappa shape index (κ3) is 4.70. The number of nitriles is 4. The molecule has 0 bridgehead atoms. The molecule has 1 fully saturated rings. The van der Waals surface area contributed by atoms with Crippen LogP contribution in [0.15, 0.2) is 22.8 Å². The topological polar surface area (TPSA) is 104 Å². The molecule has 0 spiro atoms. The minimum absolute atomic E-state index is 0.318. The van der Waals surface area contributed by atoms with Crippen molar-refractivity contribution in [2.24, 2.45) is 0 Å². The number of rotatable bonds is 3. The van der Waals surface area contributed by atoms with Crippen LogP contribution in [0, 0.1) is 124 Å². The van der Waals surface area contributed by atoms with Crippen LogP contribution in [-0.2, 0) is 0 Å². The average molecular weight is 650 g/mol. The summed E-state index contributed by atoms with van der Waals surface area (Å²) in [7, 11) is 0. The molecule has 3 aromatic carbocycles. The quantitative estimate of drug-likeness (QED) is 0.123. The highest BCUT2D eigenvalue weighted by Gasteiger charge is 2.45. The Morgan fingerprint density at radius 1 is 0.574 bits per heavy atom. The summed E-state index contributed by atoms with van der Waals surface area (Å²) >= 11 is 0. The number of hydrogen-bond donors (Lipinski definition) is 0. The van der Waals surface area contributed by atoms with Gasteiger partial charge < -0.3 is 0 Å². The van der Waals surface area contributed by atoms with Gasteiger partial charge in [-0.05, 0) is 35.3 Å². The molecule has 0 N–H and O–H groups in total. The van der Waals surface area contributed by atoms with E-state index in [4.69, 9.17) is 23.7 Å². The van der Waals surface area contributed by atoms with Gasteiger partial charge in [-0.15, -0.1) is 0 Å². The summed E-state index contributed by atoms with van der Waals surface area (Å²) in [5, 5.41) is 37.9. The molecule has 0 saturated heterocycles. The smallest absolute Gasteiger partial charge is 0.237 e. The van der Waals surface area contributed by atoms with Crippen molar-refractivity contribution in [3.05, 3.63) is 137 Å². The lowest BCUT2D eigenvalue weighted by Gasteiger charge is -2.08. The van der Waals surface area contributed by atoms with Crippen molar-refractivity contribution in [1.29, 1.82) is 21.0 Å². The molecule has 3 aromatic rings. The Labute approximate surface area is 256 Å². The summed E-state index contributed by atoms with van der Waals surface area (Å²) in [6, 6.07) is 5.33. The van der Waals surface area contributed by atoms with E-state index in [1.165, 1.54) is 12.1 Å². The van der Waals surface area contributed by atoms with Crippen molar-refractivity contribution in [1.82, 2.24) is 0 Å². The van der Waals surface area contributed by atoms with Gasteiger partial charge in [-0.2, -0.15) is 21.0 Å². The van der Waals surface area contributed by atoms with E-state index in [1.807, 2.05) is 0 Å². The third-order valence-electron chi connectivity index (χ3n) is 6.76. The van der Waals surface area contributed by atoms with E-state index in [1.54, 1.807) is 0 Å². The summed E-state index contributed by atoms with van der Waals surface area (Å²) in [4.78, 5) is 5.06. The zero-order valence-electron chi connectivity index (χ0n) is 22.5. The second-order valence-electron chi connectivity index (χ2n) is 9.12. The van der Waals surface area contributed by atoms with Crippen LogP contribution in [0.2, 0.25) is 0 Å². The Morgan fingerprint density at radius 2 is 1.02 bits per heavy atom. The van der Waals surface area contributed by atoms with Crippen molar-refractivity contribution < 1.29 is 43.9 Å². The zero-order valence-corrected chi connectivity index (χ0v) is 22.5. The SMILES string of the molecule is [C-]#[N+]C(=C1C(=C(C#N)c2cc(C)c(C#N)c(F)c2F)C1=C(C#N)c1c(F)c(F)c([N+]#[C-])c(F)c1F)c1c(F)c(F)c(C#N)c(F)c1F. The first-order chi connectivity index (χ1) is 22.2. The molecular formula is C31H4F10N6. The molecule has 4 rings (SSSR count). The van der Waals surface area contributed by atoms with Gasteiger partial charge in [0.2, 0.25) is 5.70 Å². The van der Waals surface area contributed by atoms with Crippen LogP contribution in [0.1, 0.15) is 33.4 Å². The molecule has 228 valence electrons. The first-order valence-corrected chi connectivity index (χ1v) is 12.0. The number of halogens is 10. The minimum atomic E-state index is -2.39. The number of hydrogen-bond acceptors (Lipinski definition) is 4. The summed E-state index contributed by atoms with van der Waals surface area (Å²) in [6.07, 6.45) is 0. The molecule has 1 saturated carbocycles. The van der Waals surface area contributed by atoms with Gasteiger partial charge in [0.25, 0.3) is 5.69 Å². The monoisotopic (exact) mass is 650 g/mol. The van der Waals surface area contributed by atoms with E-state index < -0.39 is 125 Å². The first kappa shape index (κ1) is 33.0. The molecule has 1 aliphatic rings. The summed E-state index contributed by atoms with van der Waals surface area (Å²) in [5.74, 6) is -22.6. The lowest BCUT2D eigenvalue weighted by Crippen LogP contribution is -2.06. The van der Waals surface area contributed by atoms with Crippen LogP contribution in [0.5, 0.6) is 0 Å². The molecule has 1 aliphatic carbocycles. The number of allylic oxidation sites excluding steroid dienone is 5. The van der Waals surface area contributed by atoms with Gasteiger partial charge in [0.05, 0.1) is 41.0 Å². The van der Waals surface area contributed by atoms with E-state index in [2.05, 4.69) is 9.69 Å². The molecule has 0 unspecified atom stereocenters. The molecule has 6 nitrogen and oxygen atoms in total. The Morgan fingerprint density at radius 3 is 1.45 bits per heavy atom. The standard InChI is InChI=1S/C31H4F10N6/c1-9-4-10(20(32)21(33)11(9)5-42)12(6-43)15-16(13(7-44)17-24(36)28(40)31(47-3)29(41)25(17)37)18(15)30(46-2)19-26(38)22(34)14(8-45)23(35)27(19)39/h4H,1H3. The van der Waals surface area contributed by atoms with E-state index >= 15 is 22.0 Å². The fourth-order valence-electron chi connectivity index (χ4n) is 4.60. The van der Waals surface area contributed by atoms with Gasteiger partial charge >= 0.3 is 0 Å². The normalized spacial score (nSPS) is 14.9. The predicted octanol–water partition coefficient (Wildman–Crippen LogP) is 8.28. The maximum absolute atomic E-state index is 15.2. The van der Waals surface area contributed by atoms with Crippen molar-refractivity contribution in [2.75, 3.05) is 0 Å². The molecular weight excluding hydrogens is 646 g/mol. The Kier molecular flexibility index (Phi) is 8.36. The lowest BCUT2D eigenvalue weighted by molar-refractivity contribution is 0.446. The fraction of sp³-hybridized carbons (Fsp3) is 0.0323. The van der Waals surface area contributed by atoms with Gasteiger partial charge in [-0.3, -0.25) is 0 Å². The highest BCUT2D eigenvalue weighted by molar-refractivity contribution is 6.11. The van der Waals surface area contributed by atoms with Gasteiger partial charge in [0, 0.05) is 5.56 Å². The maximum Gasteiger partial charge on any atom is 0.262 e. The van der Waals surface area contributed by atoms with Crippen LogP contribution in [0.4, 0.5) is 49.6 Å². The zero-order chi connectivity index (χ0) is 35.2.